The monoisotopic (exact) mass is 561 g/mol. The first-order chi connectivity index (χ1) is 20.1. The number of rotatable bonds is 9. The molecule has 3 aliphatic rings. The molecule has 0 radical (unpaired) electrons. The fourth-order valence-electron chi connectivity index (χ4n) is 7.16. The van der Waals surface area contributed by atoms with Crippen molar-refractivity contribution in [1.82, 2.24) is 35.3 Å². The van der Waals surface area contributed by atoms with Crippen molar-refractivity contribution in [2.24, 2.45) is 11.8 Å². The van der Waals surface area contributed by atoms with Gasteiger partial charge in [0.25, 0.3) is 0 Å². The van der Waals surface area contributed by atoms with Crippen LogP contribution < -0.4 is 10.1 Å². The summed E-state index contributed by atoms with van der Waals surface area (Å²) in [7, 11) is 1.68. The molecule has 2 aliphatic heterocycles. The molecular formula is C31H40FN7O2. The van der Waals surface area contributed by atoms with Crippen molar-refractivity contribution in [3.8, 4) is 11.4 Å². The lowest BCUT2D eigenvalue weighted by atomic mass is 9.85. The Morgan fingerprint density at radius 1 is 1.02 bits per heavy atom. The fraction of sp³-hybridized carbons (Fsp3) is 0.548. The van der Waals surface area contributed by atoms with Gasteiger partial charge in [0.15, 0.2) is 0 Å². The second-order valence-corrected chi connectivity index (χ2v) is 11.8. The molecule has 6 rings (SSSR count). The third kappa shape index (κ3) is 6.28. The zero-order valence-electron chi connectivity index (χ0n) is 23.8. The molecule has 3 aromatic rings. The number of tetrazole rings is 1. The number of carbonyl (C=O) groups is 1. The number of benzene rings is 2. The zero-order valence-corrected chi connectivity index (χ0v) is 23.8. The van der Waals surface area contributed by atoms with Crippen LogP contribution in [0.2, 0.25) is 0 Å². The minimum Gasteiger partial charge on any atom is -0.496 e. The number of ether oxygens (including phenoxy) is 1. The number of halogens is 1. The molecule has 3 heterocycles. The van der Waals surface area contributed by atoms with Gasteiger partial charge in [0, 0.05) is 49.6 Å². The molecule has 41 heavy (non-hydrogen) atoms. The van der Waals surface area contributed by atoms with Crippen LogP contribution in [-0.4, -0.2) is 81.8 Å². The van der Waals surface area contributed by atoms with Gasteiger partial charge in [-0.1, -0.05) is 12.1 Å². The summed E-state index contributed by atoms with van der Waals surface area (Å²) in [5.74, 6) is 1.88. The maximum absolute atomic E-state index is 13.9. The van der Waals surface area contributed by atoms with Gasteiger partial charge < -0.3 is 19.9 Å². The number of nitrogens with one attached hydrogen (secondary N) is 1. The van der Waals surface area contributed by atoms with Crippen LogP contribution in [0.25, 0.3) is 5.69 Å². The van der Waals surface area contributed by atoms with E-state index in [1.807, 2.05) is 24.3 Å². The van der Waals surface area contributed by atoms with Crippen LogP contribution in [0.4, 0.5) is 4.39 Å². The normalized spacial score (nSPS) is 23.8. The number of amides is 1. The molecule has 1 aliphatic carbocycles. The predicted octanol–water partition coefficient (Wildman–Crippen LogP) is 3.80. The van der Waals surface area contributed by atoms with Gasteiger partial charge >= 0.3 is 0 Å². The molecule has 0 bridgehead atoms. The molecule has 1 amide bonds. The number of carbonyl (C=O) groups excluding carboxylic acids is 1. The fourth-order valence-corrected chi connectivity index (χ4v) is 7.16. The summed E-state index contributed by atoms with van der Waals surface area (Å²) in [6.45, 7) is 5.44. The van der Waals surface area contributed by atoms with Gasteiger partial charge in [-0.3, -0.25) is 4.79 Å². The number of hydrogen-bond acceptors (Lipinski definition) is 7. The minimum absolute atomic E-state index is 0.175. The van der Waals surface area contributed by atoms with Crippen molar-refractivity contribution >= 4 is 5.91 Å². The Balaban J connectivity index is 1.13. The van der Waals surface area contributed by atoms with Crippen LogP contribution in [0.5, 0.6) is 5.75 Å². The van der Waals surface area contributed by atoms with Gasteiger partial charge in [0.05, 0.1) is 12.8 Å². The molecular weight excluding hydrogens is 521 g/mol. The number of aromatic nitrogens is 4. The van der Waals surface area contributed by atoms with Crippen LogP contribution in [0.3, 0.4) is 0 Å². The molecule has 0 spiro atoms. The lowest BCUT2D eigenvalue weighted by Crippen LogP contribution is -2.43. The topological polar surface area (TPSA) is 88.4 Å². The van der Waals surface area contributed by atoms with Crippen molar-refractivity contribution < 1.29 is 13.9 Å². The highest BCUT2D eigenvalue weighted by Gasteiger charge is 2.39. The molecule has 2 saturated heterocycles. The Morgan fingerprint density at radius 2 is 1.80 bits per heavy atom. The quantitative estimate of drug-likeness (QED) is 0.425. The van der Waals surface area contributed by atoms with E-state index in [2.05, 4.69) is 36.7 Å². The summed E-state index contributed by atoms with van der Waals surface area (Å²) >= 11 is 0. The molecule has 3 atom stereocenters. The number of piperidine rings is 1. The molecule has 3 fully saturated rings. The number of hydrogen-bond donors (Lipinski definition) is 1. The average molecular weight is 562 g/mol. The highest BCUT2D eigenvalue weighted by Crippen LogP contribution is 2.41. The summed E-state index contributed by atoms with van der Waals surface area (Å²) in [6.07, 6.45) is 7.91. The lowest BCUT2D eigenvalue weighted by molar-refractivity contribution is -0.136. The number of likely N-dealkylation sites (tertiary alicyclic amines) is 2. The summed E-state index contributed by atoms with van der Waals surface area (Å²) in [6, 6.07) is 13.2. The predicted molar refractivity (Wildman–Crippen MR) is 153 cm³/mol. The van der Waals surface area contributed by atoms with Gasteiger partial charge in [-0.05, 0) is 104 Å². The van der Waals surface area contributed by atoms with Crippen LogP contribution in [0.1, 0.15) is 55.6 Å². The van der Waals surface area contributed by atoms with Gasteiger partial charge in [-0.2, -0.15) is 0 Å². The van der Waals surface area contributed by atoms with Crippen molar-refractivity contribution in [1.29, 1.82) is 0 Å². The molecule has 1 saturated carbocycles. The van der Waals surface area contributed by atoms with Gasteiger partial charge in [-0.15, -0.1) is 5.10 Å². The molecule has 218 valence electrons. The van der Waals surface area contributed by atoms with E-state index < -0.39 is 0 Å². The maximum atomic E-state index is 13.9. The zero-order chi connectivity index (χ0) is 28.2. The van der Waals surface area contributed by atoms with Crippen molar-refractivity contribution in [3.05, 3.63) is 65.7 Å². The highest BCUT2D eigenvalue weighted by atomic mass is 19.1. The van der Waals surface area contributed by atoms with E-state index in [9.17, 15) is 9.18 Å². The van der Waals surface area contributed by atoms with E-state index in [4.69, 9.17) is 4.74 Å². The second kappa shape index (κ2) is 12.7. The average Bonchev–Trinajstić information content (AvgIpc) is 3.80. The Labute approximate surface area is 241 Å². The Bertz CT molecular complexity index is 1290. The summed E-state index contributed by atoms with van der Waals surface area (Å²) < 4.78 is 21.2. The minimum atomic E-state index is -0.207. The Hall–Kier alpha value is -3.37. The van der Waals surface area contributed by atoms with Gasteiger partial charge in [0.1, 0.15) is 17.9 Å². The molecule has 9 nitrogen and oxygen atoms in total. The Morgan fingerprint density at radius 3 is 2.51 bits per heavy atom. The first kappa shape index (κ1) is 27.8. The van der Waals surface area contributed by atoms with Crippen LogP contribution in [0, 0.1) is 17.7 Å². The van der Waals surface area contributed by atoms with Crippen molar-refractivity contribution in [2.45, 2.75) is 57.0 Å². The SMILES string of the molecule is COc1ccc(-n2cnnn2)cc1CNC1CCC(CN2CCC(C(=O)N3CCCC3)CC2)C1c1ccc(F)cc1. The summed E-state index contributed by atoms with van der Waals surface area (Å²) in [5, 5.41) is 15.3. The van der Waals surface area contributed by atoms with Gasteiger partial charge in [0.2, 0.25) is 5.91 Å². The van der Waals surface area contributed by atoms with E-state index in [0.717, 1.165) is 88.2 Å². The Kier molecular flexibility index (Phi) is 8.57. The highest BCUT2D eigenvalue weighted by molar-refractivity contribution is 5.79. The lowest BCUT2D eigenvalue weighted by Gasteiger charge is -2.36. The van der Waals surface area contributed by atoms with E-state index in [1.165, 1.54) is 5.56 Å². The summed E-state index contributed by atoms with van der Waals surface area (Å²) in [5.41, 5.74) is 3.09. The third-order valence-corrected chi connectivity index (χ3v) is 9.32. The summed E-state index contributed by atoms with van der Waals surface area (Å²) in [4.78, 5) is 17.6. The molecule has 2 aromatic carbocycles. The van der Waals surface area contributed by atoms with Crippen molar-refractivity contribution in [3.63, 3.8) is 0 Å². The number of nitrogens with zero attached hydrogens (tertiary/aromatic N) is 6. The van der Waals surface area contributed by atoms with Crippen LogP contribution in [0.15, 0.2) is 48.8 Å². The number of methoxy groups -OCH3 is 1. The second-order valence-electron chi connectivity index (χ2n) is 11.8. The van der Waals surface area contributed by atoms with Gasteiger partial charge in [-0.25, -0.2) is 9.07 Å². The molecule has 10 heteroatoms. The van der Waals surface area contributed by atoms with E-state index >= 15 is 0 Å². The first-order valence-electron chi connectivity index (χ1n) is 15.0. The van der Waals surface area contributed by atoms with Crippen molar-refractivity contribution in [2.75, 3.05) is 39.8 Å². The van der Waals surface area contributed by atoms with E-state index in [0.29, 0.717) is 18.4 Å². The first-order valence-corrected chi connectivity index (χ1v) is 15.0. The largest absolute Gasteiger partial charge is 0.496 e. The maximum Gasteiger partial charge on any atom is 0.225 e. The molecule has 1 N–H and O–H groups in total. The van der Waals surface area contributed by atoms with Crippen LogP contribution in [-0.2, 0) is 11.3 Å². The molecule has 3 unspecified atom stereocenters. The molecule has 1 aromatic heterocycles. The van der Waals surface area contributed by atoms with E-state index in [1.54, 1.807) is 30.3 Å². The van der Waals surface area contributed by atoms with Crippen LogP contribution >= 0.6 is 0 Å². The standard InChI is InChI=1S/C31H40FN7O2/c1-41-29-11-9-27(39-21-34-35-36-39)18-25(29)19-33-28-10-6-24(30(28)22-4-7-26(32)8-5-22)20-37-16-12-23(13-17-37)31(40)38-14-2-3-15-38/h4-5,7-9,11,18,21,23-24,28,30,33H,2-3,6,10,12-17,19-20H2,1H3. The van der Waals surface area contributed by atoms with E-state index in [-0.39, 0.29) is 23.7 Å². The third-order valence-electron chi connectivity index (χ3n) is 9.32. The smallest absolute Gasteiger partial charge is 0.225 e.